The van der Waals surface area contributed by atoms with E-state index in [2.05, 4.69) is 15.7 Å². The molecule has 1 aliphatic heterocycles. The van der Waals surface area contributed by atoms with Gasteiger partial charge < -0.3 is 5.32 Å². The maximum atomic E-state index is 11.0. The van der Waals surface area contributed by atoms with E-state index in [9.17, 15) is 4.79 Å². The third-order valence-electron chi connectivity index (χ3n) is 2.17. The van der Waals surface area contributed by atoms with Crippen molar-refractivity contribution >= 4 is 11.9 Å². The summed E-state index contributed by atoms with van der Waals surface area (Å²) in [6, 6.07) is -0.709. The van der Waals surface area contributed by atoms with Crippen LogP contribution in [0.5, 0.6) is 0 Å². The highest BCUT2D eigenvalue weighted by molar-refractivity contribution is 6.06. The van der Waals surface area contributed by atoms with E-state index < -0.39 is 0 Å². The zero-order valence-corrected chi connectivity index (χ0v) is 7.96. The average molecular weight is 193 g/mol. The van der Waals surface area contributed by atoms with Crippen LogP contribution in [0.1, 0.15) is 17.3 Å². The molecule has 1 saturated heterocycles. The molecule has 0 saturated carbocycles. The first kappa shape index (κ1) is 8.74. The Balaban J connectivity index is 2.36. The Morgan fingerprint density at radius 2 is 2.36 bits per heavy atom. The van der Waals surface area contributed by atoms with Crippen molar-refractivity contribution in [2.24, 2.45) is 7.05 Å². The molecule has 1 aromatic heterocycles. The first-order valence-electron chi connectivity index (χ1n) is 4.24. The largest absolute Gasteiger partial charge is 0.324 e. The van der Waals surface area contributed by atoms with Gasteiger partial charge in [-0.2, -0.15) is 5.10 Å². The molecular weight excluding hydrogens is 182 g/mol. The van der Waals surface area contributed by atoms with Gasteiger partial charge in [-0.15, -0.1) is 0 Å². The monoisotopic (exact) mass is 193 g/mol. The predicted octanol–water partition coefficient (Wildman–Crippen LogP) is 0.0597. The summed E-state index contributed by atoms with van der Waals surface area (Å²) in [5.41, 5.74) is 1.68. The second-order valence-electron chi connectivity index (χ2n) is 3.29. The number of carbonyl (C=O) groups is 1. The Morgan fingerprint density at radius 3 is 2.79 bits per heavy atom. The number of aryl methyl sites for hydroxylation is 2. The quantitative estimate of drug-likeness (QED) is 0.589. The fraction of sp³-hybridized carbons (Fsp3) is 0.375. The molecule has 0 spiro atoms. The standard InChI is InChI=1S/C8H11N5O/c1-4-5(3-13(2)12-4)6-7(9)11-8(14)10-6/h3,6H,1-2H3,(H3,9,10,11,14). The Hall–Kier alpha value is -1.85. The zero-order chi connectivity index (χ0) is 10.3. The van der Waals surface area contributed by atoms with Crippen molar-refractivity contribution in [3.05, 3.63) is 17.5 Å². The first-order valence-corrected chi connectivity index (χ1v) is 4.24. The summed E-state index contributed by atoms with van der Waals surface area (Å²) in [5.74, 6) is 0.172. The van der Waals surface area contributed by atoms with Crippen molar-refractivity contribution in [1.29, 1.82) is 5.41 Å². The van der Waals surface area contributed by atoms with E-state index in [1.165, 1.54) is 0 Å². The van der Waals surface area contributed by atoms with Crippen molar-refractivity contribution in [3.8, 4) is 0 Å². The van der Waals surface area contributed by atoms with Crippen LogP contribution >= 0.6 is 0 Å². The Bertz CT molecular complexity index is 408. The summed E-state index contributed by atoms with van der Waals surface area (Å²) >= 11 is 0. The summed E-state index contributed by atoms with van der Waals surface area (Å²) in [6.45, 7) is 1.85. The highest BCUT2D eigenvalue weighted by atomic mass is 16.2. The fourth-order valence-electron chi connectivity index (χ4n) is 1.57. The molecule has 2 rings (SSSR count). The van der Waals surface area contributed by atoms with Crippen LogP contribution in [0.15, 0.2) is 6.20 Å². The molecule has 2 heterocycles. The van der Waals surface area contributed by atoms with Gasteiger partial charge in [0.05, 0.1) is 5.69 Å². The SMILES string of the molecule is Cc1nn(C)cc1C1NC(=O)NC1=N. The summed E-state index contributed by atoms with van der Waals surface area (Å²) in [4.78, 5) is 11.0. The van der Waals surface area contributed by atoms with E-state index in [1.807, 2.05) is 20.2 Å². The van der Waals surface area contributed by atoms with Gasteiger partial charge in [-0.05, 0) is 6.92 Å². The predicted molar refractivity (Wildman–Crippen MR) is 50.1 cm³/mol. The number of carbonyl (C=O) groups excluding carboxylic acids is 1. The van der Waals surface area contributed by atoms with Crippen molar-refractivity contribution in [2.75, 3.05) is 0 Å². The van der Waals surface area contributed by atoms with Crippen LogP contribution < -0.4 is 10.6 Å². The number of aromatic nitrogens is 2. The van der Waals surface area contributed by atoms with E-state index in [4.69, 9.17) is 5.41 Å². The lowest BCUT2D eigenvalue weighted by Crippen LogP contribution is -2.22. The Morgan fingerprint density at radius 1 is 1.64 bits per heavy atom. The molecule has 0 aliphatic carbocycles. The molecule has 2 amide bonds. The topological polar surface area (TPSA) is 82.8 Å². The normalized spacial score (nSPS) is 20.9. The average Bonchev–Trinajstić information content (AvgIpc) is 2.55. The molecule has 1 fully saturated rings. The lowest BCUT2D eigenvalue weighted by molar-refractivity contribution is 0.248. The molecule has 1 aliphatic rings. The van der Waals surface area contributed by atoms with Crippen LogP contribution in [-0.2, 0) is 7.05 Å². The molecule has 0 bridgehead atoms. The highest BCUT2D eigenvalue weighted by Crippen LogP contribution is 2.19. The molecule has 1 unspecified atom stereocenters. The first-order chi connectivity index (χ1) is 6.58. The molecule has 6 nitrogen and oxygen atoms in total. The number of hydrogen-bond acceptors (Lipinski definition) is 3. The van der Waals surface area contributed by atoms with Gasteiger partial charge in [0.15, 0.2) is 0 Å². The van der Waals surface area contributed by atoms with Gasteiger partial charge in [0.1, 0.15) is 11.9 Å². The van der Waals surface area contributed by atoms with Crippen molar-refractivity contribution in [3.63, 3.8) is 0 Å². The molecule has 14 heavy (non-hydrogen) atoms. The van der Waals surface area contributed by atoms with E-state index >= 15 is 0 Å². The molecule has 6 heteroatoms. The fourth-order valence-corrected chi connectivity index (χ4v) is 1.57. The van der Waals surface area contributed by atoms with Gasteiger partial charge in [-0.25, -0.2) is 4.79 Å². The maximum Gasteiger partial charge on any atom is 0.321 e. The van der Waals surface area contributed by atoms with Crippen LogP contribution in [0.2, 0.25) is 0 Å². The summed E-state index contributed by atoms with van der Waals surface area (Å²) < 4.78 is 1.67. The Kier molecular flexibility index (Phi) is 1.77. The van der Waals surface area contributed by atoms with Crippen LogP contribution in [0.4, 0.5) is 4.79 Å². The third-order valence-corrected chi connectivity index (χ3v) is 2.17. The minimum absolute atomic E-state index is 0.172. The molecular formula is C8H11N5O. The van der Waals surface area contributed by atoms with E-state index in [-0.39, 0.29) is 17.9 Å². The number of amidine groups is 1. The van der Waals surface area contributed by atoms with Gasteiger partial charge in [-0.3, -0.25) is 15.4 Å². The van der Waals surface area contributed by atoms with Crippen LogP contribution in [0.25, 0.3) is 0 Å². The van der Waals surface area contributed by atoms with Crippen molar-refractivity contribution in [1.82, 2.24) is 20.4 Å². The van der Waals surface area contributed by atoms with E-state index in [0.29, 0.717) is 0 Å². The zero-order valence-electron chi connectivity index (χ0n) is 7.96. The van der Waals surface area contributed by atoms with Gasteiger partial charge in [0.2, 0.25) is 0 Å². The van der Waals surface area contributed by atoms with Crippen molar-refractivity contribution < 1.29 is 4.79 Å². The van der Waals surface area contributed by atoms with Crippen molar-refractivity contribution in [2.45, 2.75) is 13.0 Å². The molecule has 1 atom stereocenters. The number of amides is 2. The third kappa shape index (κ3) is 1.24. The number of hydrogen-bond donors (Lipinski definition) is 3. The van der Waals surface area contributed by atoms with E-state index in [0.717, 1.165) is 11.3 Å². The van der Waals surface area contributed by atoms with Crippen LogP contribution in [-0.4, -0.2) is 21.6 Å². The minimum Gasteiger partial charge on any atom is -0.324 e. The maximum absolute atomic E-state index is 11.0. The summed E-state index contributed by atoms with van der Waals surface area (Å²) in [7, 11) is 1.81. The molecule has 3 N–H and O–H groups in total. The second kappa shape index (κ2) is 2.83. The second-order valence-corrected chi connectivity index (χ2v) is 3.29. The molecule has 0 aromatic carbocycles. The number of urea groups is 1. The lowest BCUT2D eigenvalue weighted by Gasteiger charge is -2.06. The van der Waals surface area contributed by atoms with Gasteiger partial charge in [-0.1, -0.05) is 0 Å². The van der Waals surface area contributed by atoms with E-state index in [1.54, 1.807) is 4.68 Å². The molecule has 74 valence electrons. The number of nitrogens with zero attached hydrogens (tertiary/aromatic N) is 2. The highest BCUT2D eigenvalue weighted by Gasteiger charge is 2.29. The Labute approximate surface area is 80.8 Å². The van der Waals surface area contributed by atoms with Gasteiger partial charge in [0.25, 0.3) is 0 Å². The number of nitrogens with one attached hydrogen (secondary N) is 3. The molecule has 1 aromatic rings. The van der Waals surface area contributed by atoms with Crippen LogP contribution in [0, 0.1) is 12.3 Å². The minimum atomic E-state index is -0.379. The van der Waals surface area contributed by atoms with Gasteiger partial charge in [0, 0.05) is 18.8 Å². The summed E-state index contributed by atoms with van der Waals surface area (Å²) in [5, 5.41) is 16.7. The smallest absolute Gasteiger partial charge is 0.321 e. The lowest BCUT2D eigenvalue weighted by atomic mass is 10.1. The van der Waals surface area contributed by atoms with Gasteiger partial charge >= 0.3 is 6.03 Å². The number of rotatable bonds is 1. The molecule has 0 radical (unpaired) electrons. The van der Waals surface area contributed by atoms with Crippen LogP contribution in [0.3, 0.4) is 0 Å². The summed E-state index contributed by atoms with van der Waals surface area (Å²) in [6.07, 6.45) is 1.81.